The van der Waals surface area contributed by atoms with Crippen molar-refractivity contribution >= 4 is 35.0 Å². The number of benzene rings is 3. The monoisotopic (exact) mass is 512 g/mol. The summed E-state index contributed by atoms with van der Waals surface area (Å²) in [5, 5.41) is 3.67. The highest BCUT2D eigenvalue weighted by Gasteiger charge is 2.30. The number of carbonyl (C=O) groups is 2. The van der Waals surface area contributed by atoms with Crippen molar-refractivity contribution in [2.75, 3.05) is 13.8 Å². The van der Waals surface area contributed by atoms with E-state index in [1.165, 1.54) is 0 Å². The van der Waals surface area contributed by atoms with Crippen LogP contribution in [0.2, 0.25) is 10.0 Å². The van der Waals surface area contributed by atoms with Crippen LogP contribution in [-0.2, 0) is 29.0 Å². The largest absolute Gasteiger partial charge is 0.454 e. The summed E-state index contributed by atoms with van der Waals surface area (Å²) in [6.45, 7) is 0.377. The first-order valence-electron chi connectivity index (χ1n) is 11.3. The Morgan fingerprint density at radius 3 is 2.49 bits per heavy atom. The molecule has 0 fully saturated rings. The van der Waals surface area contributed by atoms with Gasteiger partial charge in [0.25, 0.3) is 0 Å². The van der Waals surface area contributed by atoms with Gasteiger partial charge in [-0.25, -0.2) is 0 Å². The van der Waals surface area contributed by atoms with Gasteiger partial charge < -0.3 is 19.7 Å². The van der Waals surface area contributed by atoms with Crippen LogP contribution >= 0.6 is 23.2 Å². The van der Waals surface area contributed by atoms with Gasteiger partial charge in [0, 0.05) is 36.5 Å². The topological polar surface area (TPSA) is 67.9 Å². The van der Waals surface area contributed by atoms with Crippen LogP contribution in [0.1, 0.15) is 23.1 Å². The smallest absolute Gasteiger partial charge is 0.242 e. The summed E-state index contributed by atoms with van der Waals surface area (Å²) in [5.74, 6) is 0.974. The molecular formula is C27H26Cl2N2O4. The molecule has 0 unspecified atom stereocenters. The summed E-state index contributed by atoms with van der Waals surface area (Å²) in [4.78, 5) is 28.2. The average Bonchev–Trinajstić information content (AvgIpc) is 3.34. The van der Waals surface area contributed by atoms with E-state index in [4.69, 9.17) is 32.7 Å². The number of amides is 2. The molecular weight excluding hydrogens is 487 g/mol. The van der Waals surface area contributed by atoms with E-state index >= 15 is 0 Å². The molecule has 1 aliphatic heterocycles. The van der Waals surface area contributed by atoms with Crippen LogP contribution in [-0.4, -0.2) is 36.6 Å². The molecule has 0 aromatic heterocycles. The highest BCUT2D eigenvalue weighted by atomic mass is 35.5. The number of carbonyl (C=O) groups excluding carboxylic acids is 2. The predicted octanol–water partition coefficient (Wildman–Crippen LogP) is 5.04. The normalized spacial score (nSPS) is 12.8. The summed E-state index contributed by atoms with van der Waals surface area (Å²) < 4.78 is 10.8. The molecule has 0 radical (unpaired) electrons. The Labute approximate surface area is 214 Å². The molecule has 1 aliphatic rings. The Hall–Kier alpha value is -3.22. The Kier molecular flexibility index (Phi) is 8.16. The van der Waals surface area contributed by atoms with Crippen LogP contribution in [0.3, 0.4) is 0 Å². The van der Waals surface area contributed by atoms with Gasteiger partial charge in [-0.3, -0.25) is 9.59 Å². The highest BCUT2D eigenvalue weighted by molar-refractivity contribution is 6.35. The molecule has 35 heavy (non-hydrogen) atoms. The Morgan fingerprint density at radius 1 is 0.971 bits per heavy atom. The first-order valence-corrected chi connectivity index (χ1v) is 12.1. The molecule has 0 bridgehead atoms. The van der Waals surface area contributed by atoms with Crippen molar-refractivity contribution in [3.05, 3.63) is 93.5 Å². The molecule has 0 saturated heterocycles. The molecule has 0 spiro atoms. The maximum atomic E-state index is 13.6. The third-order valence-corrected chi connectivity index (χ3v) is 6.52. The summed E-state index contributed by atoms with van der Waals surface area (Å²) in [5.41, 5.74) is 2.62. The van der Waals surface area contributed by atoms with Crippen molar-refractivity contribution in [2.24, 2.45) is 0 Å². The van der Waals surface area contributed by atoms with Crippen molar-refractivity contribution in [3.63, 3.8) is 0 Å². The molecule has 182 valence electrons. The lowest BCUT2D eigenvalue weighted by Gasteiger charge is -2.31. The third-order valence-electron chi connectivity index (χ3n) is 5.94. The van der Waals surface area contributed by atoms with E-state index in [-0.39, 0.29) is 31.6 Å². The van der Waals surface area contributed by atoms with E-state index in [2.05, 4.69) is 5.32 Å². The molecule has 4 rings (SSSR count). The van der Waals surface area contributed by atoms with Crippen LogP contribution in [0.4, 0.5) is 0 Å². The van der Waals surface area contributed by atoms with Crippen LogP contribution in [0.5, 0.6) is 11.5 Å². The Balaban J connectivity index is 1.59. The van der Waals surface area contributed by atoms with Gasteiger partial charge in [0.2, 0.25) is 18.6 Å². The number of likely N-dealkylation sites (N-methyl/N-ethyl adjacent to an activating group) is 1. The maximum absolute atomic E-state index is 13.6. The molecule has 6 nitrogen and oxygen atoms in total. The molecule has 1 N–H and O–H groups in total. The summed E-state index contributed by atoms with van der Waals surface area (Å²) in [7, 11) is 1.57. The van der Waals surface area contributed by atoms with Gasteiger partial charge in [-0.2, -0.15) is 0 Å². The minimum Gasteiger partial charge on any atom is -0.454 e. The number of nitrogens with one attached hydrogen (secondary N) is 1. The second-order valence-electron chi connectivity index (χ2n) is 8.26. The van der Waals surface area contributed by atoms with Gasteiger partial charge in [-0.1, -0.05) is 65.7 Å². The molecule has 0 aliphatic carbocycles. The Bertz CT molecular complexity index is 1200. The zero-order chi connectivity index (χ0) is 24.8. The first kappa shape index (κ1) is 24.9. The van der Waals surface area contributed by atoms with Crippen LogP contribution < -0.4 is 14.8 Å². The second-order valence-corrected chi connectivity index (χ2v) is 9.11. The zero-order valence-corrected chi connectivity index (χ0v) is 20.8. The summed E-state index contributed by atoms with van der Waals surface area (Å²) >= 11 is 12.5. The van der Waals surface area contributed by atoms with Gasteiger partial charge in [-0.05, 0) is 47.4 Å². The van der Waals surface area contributed by atoms with Gasteiger partial charge in [0.15, 0.2) is 11.5 Å². The van der Waals surface area contributed by atoms with Crippen molar-refractivity contribution in [2.45, 2.75) is 31.8 Å². The number of nitrogens with zero attached hydrogens (tertiary/aromatic N) is 1. The number of halogens is 2. The highest BCUT2D eigenvalue weighted by Crippen LogP contribution is 2.33. The standard InChI is InChI=1S/C27H26Cl2N2O4/c1-30-27(33)23(13-18-5-3-2-4-6-18)31(16-20-9-10-21(28)15-22(20)29)26(32)12-8-19-7-11-24-25(14-19)35-17-34-24/h2-7,9-11,14-15,23H,8,12-13,16-17H2,1H3,(H,30,33)/t23-/m1/s1. The summed E-state index contributed by atoms with van der Waals surface area (Å²) in [6, 6.07) is 19.7. The fourth-order valence-corrected chi connectivity index (χ4v) is 4.51. The van der Waals surface area contributed by atoms with E-state index < -0.39 is 6.04 Å². The molecule has 8 heteroatoms. The van der Waals surface area contributed by atoms with Gasteiger partial charge >= 0.3 is 0 Å². The van der Waals surface area contributed by atoms with Gasteiger partial charge in [-0.15, -0.1) is 0 Å². The van der Waals surface area contributed by atoms with E-state index in [0.29, 0.717) is 34.4 Å². The molecule has 0 saturated carbocycles. The van der Waals surface area contributed by atoms with Crippen LogP contribution in [0, 0.1) is 0 Å². The minimum absolute atomic E-state index is 0.154. The van der Waals surface area contributed by atoms with E-state index in [1.54, 1.807) is 30.1 Å². The third kappa shape index (κ3) is 6.27. The second kappa shape index (κ2) is 11.5. The lowest BCUT2D eigenvalue weighted by Crippen LogP contribution is -2.49. The van der Waals surface area contributed by atoms with Crippen molar-refractivity contribution in [1.29, 1.82) is 0 Å². The fraction of sp³-hybridized carbons (Fsp3) is 0.259. The summed E-state index contributed by atoms with van der Waals surface area (Å²) in [6.07, 6.45) is 1.08. The number of rotatable bonds is 9. The molecule has 2 amide bonds. The fourth-order valence-electron chi connectivity index (χ4n) is 4.05. The van der Waals surface area contributed by atoms with E-state index in [0.717, 1.165) is 16.7 Å². The maximum Gasteiger partial charge on any atom is 0.242 e. The van der Waals surface area contributed by atoms with Crippen molar-refractivity contribution < 1.29 is 19.1 Å². The number of fused-ring (bicyclic) bond motifs is 1. The number of aryl methyl sites for hydroxylation is 1. The Morgan fingerprint density at radius 2 is 1.74 bits per heavy atom. The zero-order valence-electron chi connectivity index (χ0n) is 19.3. The lowest BCUT2D eigenvalue weighted by atomic mass is 10.0. The van der Waals surface area contributed by atoms with Gasteiger partial charge in [0.05, 0.1) is 0 Å². The van der Waals surface area contributed by atoms with Crippen molar-refractivity contribution in [3.8, 4) is 11.5 Å². The van der Waals surface area contributed by atoms with Crippen molar-refractivity contribution in [1.82, 2.24) is 10.2 Å². The molecule has 3 aromatic carbocycles. The molecule has 3 aromatic rings. The molecule has 1 atom stereocenters. The van der Waals surface area contributed by atoms with Crippen LogP contribution in [0.15, 0.2) is 66.7 Å². The predicted molar refractivity (Wildman–Crippen MR) is 136 cm³/mol. The van der Waals surface area contributed by atoms with Gasteiger partial charge in [0.1, 0.15) is 6.04 Å². The lowest BCUT2D eigenvalue weighted by molar-refractivity contribution is -0.141. The van der Waals surface area contributed by atoms with E-state index in [1.807, 2.05) is 48.5 Å². The quantitative estimate of drug-likeness (QED) is 0.436. The number of hydrogen-bond acceptors (Lipinski definition) is 4. The SMILES string of the molecule is CNC(=O)[C@@H](Cc1ccccc1)N(Cc1ccc(Cl)cc1Cl)C(=O)CCc1ccc2c(c1)OCO2. The van der Waals surface area contributed by atoms with E-state index in [9.17, 15) is 9.59 Å². The number of ether oxygens (including phenoxy) is 2. The first-order chi connectivity index (χ1) is 16.9. The van der Waals surface area contributed by atoms with Crippen LogP contribution in [0.25, 0.3) is 0 Å². The average molecular weight is 513 g/mol. The molecule has 1 heterocycles. The number of hydrogen-bond donors (Lipinski definition) is 1. The minimum atomic E-state index is -0.710.